The van der Waals surface area contributed by atoms with Gasteiger partial charge in [0.2, 0.25) is 5.91 Å². The number of nitrogens with one attached hydrogen (secondary N) is 2. The maximum Gasteiger partial charge on any atom is 0.243 e. The van der Waals surface area contributed by atoms with E-state index in [9.17, 15) is 14.0 Å². The average Bonchev–Trinajstić information content (AvgIpc) is 3.27. The van der Waals surface area contributed by atoms with Gasteiger partial charge in [-0.1, -0.05) is 12.1 Å². The van der Waals surface area contributed by atoms with Crippen molar-refractivity contribution in [3.05, 3.63) is 89.8 Å². The molecular weight excluding hydrogens is 409 g/mol. The Bertz CT molecular complexity index is 1190. The van der Waals surface area contributed by atoms with E-state index in [1.165, 1.54) is 24.3 Å². The van der Waals surface area contributed by atoms with Gasteiger partial charge < -0.3 is 20.0 Å². The molecule has 0 fully saturated rings. The number of fused-ring (bicyclic) bond motifs is 1. The first-order valence-corrected chi connectivity index (χ1v) is 10.6. The van der Waals surface area contributed by atoms with Gasteiger partial charge in [0.25, 0.3) is 0 Å². The van der Waals surface area contributed by atoms with Gasteiger partial charge in [-0.2, -0.15) is 0 Å². The van der Waals surface area contributed by atoms with Crippen LogP contribution < -0.4 is 15.5 Å². The van der Waals surface area contributed by atoms with Gasteiger partial charge in [-0.25, -0.2) is 4.39 Å². The number of halogens is 1. The van der Waals surface area contributed by atoms with Crippen LogP contribution in [-0.2, 0) is 9.59 Å². The van der Waals surface area contributed by atoms with Crippen LogP contribution in [0.25, 0.3) is 0 Å². The number of para-hydroxylation sites is 2. The molecule has 32 heavy (non-hydrogen) atoms. The van der Waals surface area contributed by atoms with Crippen LogP contribution in [0.3, 0.4) is 0 Å². The molecule has 0 unspecified atom stereocenters. The number of ketones is 1. The van der Waals surface area contributed by atoms with Gasteiger partial charge in [0.1, 0.15) is 17.6 Å². The summed E-state index contributed by atoms with van der Waals surface area (Å²) in [6.45, 7) is -0.0223. The van der Waals surface area contributed by atoms with Crippen LogP contribution in [0.4, 0.5) is 21.5 Å². The quantitative estimate of drug-likeness (QED) is 0.606. The summed E-state index contributed by atoms with van der Waals surface area (Å²) in [6.07, 6.45) is 3.57. The van der Waals surface area contributed by atoms with Crippen molar-refractivity contribution in [2.75, 3.05) is 22.1 Å². The first-order chi connectivity index (χ1) is 15.6. The number of amides is 1. The van der Waals surface area contributed by atoms with Crippen molar-refractivity contribution in [1.29, 1.82) is 0 Å². The second-order valence-electron chi connectivity index (χ2n) is 7.91. The molecule has 2 heterocycles. The van der Waals surface area contributed by atoms with E-state index in [1.807, 2.05) is 35.2 Å². The van der Waals surface area contributed by atoms with Crippen molar-refractivity contribution in [1.82, 2.24) is 0 Å². The molecule has 2 aliphatic rings. The van der Waals surface area contributed by atoms with Gasteiger partial charge in [0.15, 0.2) is 5.78 Å². The minimum Gasteiger partial charge on any atom is -0.467 e. The Labute approximate surface area is 184 Å². The average molecular weight is 431 g/mol. The summed E-state index contributed by atoms with van der Waals surface area (Å²) in [4.78, 5) is 28.0. The van der Waals surface area contributed by atoms with E-state index >= 15 is 0 Å². The van der Waals surface area contributed by atoms with Crippen molar-refractivity contribution in [2.45, 2.75) is 25.3 Å². The number of allylic oxidation sites excluding steroid dienone is 1. The van der Waals surface area contributed by atoms with E-state index < -0.39 is 6.04 Å². The highest BCUT2D eigenvalue weighted by Crippen LogP contribution is 2.44. The van der Waals surface area contributed by atoms with E-state index in [0.717, 1.165) is 29.9 Å². The molecule has 5 rings (SSSR count). The number of rotatable bonds is 4. The molecule has 1 aromatic heterocycles. The molecule has 2 aromatic carbocycles. The summed E-state index contributed by atoms with van der Waals surface area (Å²) in [5.41, 5.74) is 3.64. The first-order valence-electron chi connectivity index (χ1n) is 10.6. The molecule has 0 radical (unpaired) electrons. The Hall–Kier alpha value is -3.87. The monoisotopic (exact) mass is 431 g/mol. The van der Waals surface area contributed by atoms with Crippen molar-refractivity contribution < 1.29 is 18.4 Å². The Morgan fingerprint density at radius 1 is 1.09 bits per heavy atom. The lowest BCUT2D eigenvalue weighted by Gasteiger charge is -2.33. The second-order valence-corrected chi connectivity index (χ2v) is 7.91. The van der Waals surface area contributed by atoms with Gasteiger partial charge in [-0.15, -0.1) is 0 Å². The van der Waals surface area contributed by atoms with Crippen molar-refractivity contribution in [2.24, 2.45) is 0 Å². The predicted octanol–water partition coefficient (Wildman–Crippen LogP) is 5.04. The number of Topliss-reactive ketones (excluding diaryl/α,β-unsaturated/α-hetero) is 1. The van der Waals surface area contributed by atoms with Crippen molar-refractivity contribution >= 4 is 28.8 Å². The van der Waals surface area contributed by atoms with Crippen LogP contribution in [0.5, 0.6) is 0 Å². The molecular formula is C25H22FN3O3. The van der Waals surface area contributed by atoms with Crippen LogP contribution in [0.2, 0.25) is 0 Å². The molecule has 7 heteroatoms. The molecule has 6 nitrogen and oxygen atoms in total. The zero-order valence-corrected chi connectivity index (χ0v) is 17.3. The number of hydrogen-bond donors (Lipinski definition) is 2. The standard InChI is InChI=1S/C25H22FN3O3/c26-16-10-12-17(13-11-16)27-23(31)15-29-20-7-2-1-5-18(20)28-19-6-3-8-21(30)24(19)25(29)22-9-4-14-32-22/h1-2,4-5,7,9-14,25,28H,3,6,8,15H2,(H,27,31)/t25-/m0/s1. The summed E-state index contributed by atoms with van der Waals surface area (Å²) in [6, 6.07) is 16.4. The highest BCUT2D eigenvalue weighted by molar-refractivity contribution is 6.02. The van der Waals surface area contributed by atoms with Crippen LogP contribution in [0.15, 0.2) is 82.6 Å². The smallest absolute Gasteiger partial charge is 0.243 e. The highest BCUT2D eigenvalue weighted by atomic mass is 19.1. The molecule has 0 spiro atoms. The molecule has 0 bridgehead atoms. The van der Waals surface area contributed by atoms with E-state index in [4.69, 9.17) is 4.42 Å². The third-order valence-corrected chi connectivity index (χ3v) is 5.79. The maximum absolute atomic E-state index is 13.2. The summed E-state index contributed by atoms with van der Waals surface area (Å²) < 4.78 is 19.0. The molecule has 2 N–H and O–H groups in total. The molecule has 1 atom stereocenters. The first kappa shape index (κ1) is 20.1. The zero-order chi connectivity index (χ0) is 22.1. The van der Waals surface area contributed by atoms with Gasteiger partial charge in [0.05, 0.1) is 24.2 Å². The number of anilines is 3. The fourth-order valence-corrected chi connectivity index (χ4v) is 4.41. The number of benzene rings is 2. The third kappa shape index (κ3) is 3.77. The Morgan fingerprint density at radius 2 is 1.91 bits per heavy atom. The van der Waals surface area contributed by atoms with Gasteiger partial charge in [-0.3, -0.25) is 9.59 Å². The minimum absolute atomic E-state index is 0.0223. The van der Waals surface area contributed by atoms with Gasteiger partial charge in [-0.05, 0) is 61.4 Å². The largest absolute Gasteiger partial charge is 0.467 e. The molecule has 1 amide bonds. The Kier molecular flexibility index (Phi) is 5.23. The Morgan fingerprint density at radius 3 is 2.69 bits per heavy atom. The van der Waals surface area contributed by atoms with E-state index in [2.05, 4.69) is 10.6 Å². The molecule has 0 saturated heterocycles. The Balaban J connectivity index is 1.57. The lowest BCUT2D eigenvalue weighted by molar-refractivity contribution is -0.117. The minimum atomic E-state index is -0.539. The van der Waals surface area contributed by atoms with Crippen LogP contribution in [0, 0.1) is 5.82 Å². The summed E-state index contributed by atoms with van der Waals surface area (Å²) >= 11 is 0. The number of carbonyl (C=O) groups excluding carboxylic acids is 2. The second kappa shape index (κ2) is 8.34. The fourth-order valence-electron chi connectivity index (χ4n) is 4.41. The fraction of sp³-hybridized carbons (Fsp3) is 0.200. The van der Waals surface area contributed by atoms with Crippen LogP contribution in [0.1, 0.15) is 31.1 Å². The van der Waals surface area contributed by atoms with E-state index in [1.54, 1.807) is 12.3 Å². The third-order valence-electron chi connectivity index (χ3n) is 5.79. The van der Waals surface area contributed by atoms with Crippen LogP contribution >= 0.6 is 0 Å². The molecule has 1 aliphatic heterocycles. The van der Waals surface area contributed by atoms with Gasteiger partial charge in [0, 0.05) is 23.4 Å². The summed E-state index contributed by atoms with van der Waals surface area (Å²) in [7, 11) is 0. The number of hydrogen-bond acceptors (Lipinski definition) is 5. The predicted molar refractivity (Wildman–Crippen MR) is 120 cm³/mol. The SMILES string of the molecule is O=C(CN1c2ccccc2NC2=C(C(=O)CCC2)[C@@H]1c1ccco1)Nc1ccc(F)cc1. The normalized spacial score (nSPS) is 17.8. The lowest BCUT2D eigenvalue weighted by atomic mass is 9.88. The summed E-state index contributed by atoms with van der Waals surface area (Å²) in [5, 5.41) is 6.26. The topological polar surface area (TPSA) is 74.6 Å². The molecule has 0 saturated carbocycles. The highest BCUT2D eigenvalue weighted by Gasteiger charge is 2.38. The van der Waals surface area contributed by atoms with Gasteiger partial charge >= 0.3 is 0 Å². The van der Waals surface area contributed by atoms with Crippen LogP contribution in [-0.4, -0.2) is 18.2 Å². The van der Waals surface area contributed by atoms with Crippen molar-refractivity contribution in [3.8, 4) is 0 Å². The number of carbonyl (C=O) groups is 2. The molecule has 1 aliphatic carbocycles. The summed E-state index contributed by atoms with van der Waals surface area (Å²) in [5.74, 6) is -0.00307. The lowest BCUT2D eigenvalue weighted by Crippen LogP contribution is -2.38. The molecule has 3 aromatic rings. The van der Waals surface area contributed by atoms with Crippen molar-refractivity contribution in [3.63, 3.8) is 0 Å². The molecule has 162 valence electrons. The zero-order valence-electron chi connectivity index (χ0n) is 17.3. The number of furan rings is 1. The maximum atomic E-state index is 13.2. The number of nitrogens with zero attached hydrogens (tertiary/aromatic N) is 1. The van der Waals surface area contributed by atoms with E-state index in [-0.39, 0.29) is 24.1 Å². The van der Waals surface area contributed by atoms with E-state index in [0.29, 0.717) is 23.4 Å².